The molecule has 0 aromatic carbocycles. The van der Waals surface area contributed by atoms with Crippen LogP contribution in [0.5, 0.6) is 0 Å². The van der Waals surface area contributed by atoms with Crippen molar-refractivity contribution in [1.82, 2.24) is 10.2 Å². The lowest BCUT2D eigenvalue weighted by Crippen LogP contribution is -2.43. The van der Waals surface area contributed by atoms with Crippen LogP contribution in [0.15, 0.2) is 0 Å². The summed E-state index contributed by atoms with van der Waals surface area (Å²) in [5, 5.41) is 3.32. The summed E-state index contributed by atoms with van der Waals surface area (Å²) in [6.07, 6.45) is 1.29. The number of nitrogens with zero attached hydrogens (tertiary/aromatic N) is 1. The van der Waals surface area contributed by atoms with Crippen molar-refractivity contribution in [1.29, 1.82) is 0 Å². The van der Waals surface area contributed by atoms with Crippen molar-refractivity contribution in [2.75, 3.05) is 13.1 Å². The van der Waals surface area contributed by atoms with Crippen LogP contribution in [0.2, 0.25) is 0 Å². The molecule has 100 valence electrons. The highest BCUT2D eigenvalue weighted by Gasteiger charge is 2.33. The van der Waals surface area contributed by atoms with E-state index in [0.717, 1.165) is 13.0 Å². The molecule has 1 aliphatic rings. The van der Waals surface area contributed by atoms with Crippen molar-refractivity contribution in [2.24, 2.45) is 17.3 Å². The molecule has 2 unspecified atom stereocenters. The number of amides is 1. The Kier molecular flexibility index (Phi) is 4.59. The minimum atomic E-state index is 0.243. The van der Waals surface area contributed by atoms with E-state index in [4.69, 9.17) is 0 Å². The van der Waals surface area contributed by atoms with Gasteiger partial charge >= 0.3 is 0 Å². The van der Waals surface area contributed by atoms with Crippen molar-refractivity contribution in [3.8, 4) is 0 Å². The first-order valence-electron chi connectivity index (χ1n) is 6.74. The molecule has 0 radical (unpaired) electrons. The third-order valence-electron chi connectivity index (χ3n) is 3.83. The fourth-order valence-electron chi connectivity index (χ4n) is 2.05. The molecule has 2 atom stereocenters. The van der Waals surface area contributed by atoms with Gasteiger partial charge in [0.1, 0.15) is 0 Å². The highest BCUT2D eigenvalue weighted by molar-refractivity contribution is 5.80. The van der Waals surface area contributed by atoms with E-state index in [-0.39, 0.29) is 17.5 Å². The maximum Gasteiger partial charge on any atom is 0.237 e. The van der Waals surface area contributed by atoms with E-state index in [1.54, 1.807) is 0 Å². The van der Waals surface area contributed by atoms with Gasteiger partial charge in [-0.2, -0.15) is 0 Å². The third kappa shape index (κ3) is 3.98. The van der Waals surface area contributed by atoms with Gasteiger partial charge in [-0.1, -0.05) is 41.5 Å². The molecule has 1 fully saturated rings. The van der Waals surface area contributed by atoms with Gasteiger partial charge in [-0.15, -0.1) is 0 Å². The Morgan fingerprint density at radius 1 is 1.35 bits per heavy atom. The molecule has 3 nitrogen and oxygen atoms in total. The predicted octanol–water partition coefficient (Wildman–Crippen LogP) is 2.47. The summed E-state index contributed by atoms with van der Waals surface area (Å²) in [5.74, 6) is 1.39. The van der Waals surface area contributed by atoms with E-state index < -0.39 is 0 Å². The largest absolute Gasteiger partial charge is 0.326 e. The zero-order chi connectivity index (χ0) is 13.2. The number of hydrogen-bond donors (Lipinski definition) is 1. The lowest BCUT2D eigenvalue weighted by atomic mass is 9.81. The summed E-state index contributed by atoms with van der Waals surface area (Å²) in [6, 6.07) is 0. The fraction of sp³-hybridized carbons (Fsp3) is 0.929. The van der Waals surface area contributed by atoms with Crippen molar-refractivity contribution in [3.05, 3.63) is 0 Å². The molecule has 1 rings (SSSR count). The quantitative estimate of drug-likeness (QED) is 0.818. The van der Waals surface area contributed by atoms with Crippen LogP contribution in [-0.4, -0.2) is 30.1 Å². The molecular weight excluding hydrogens is 212 g/mol. The Balaban J connectivity index is 2.62. The van der Waals surface area contributed by atoms with Crippen LogP contribution in [-0.2, 0) is 4.79 Å². The topological polar surface area (TPSA) is 32.3 Å². The summed E-state index contributed by atoms with van der Waals surface area (Å²) in [6.45, 7) is 14.7. The minimum absolute atomic E-state index is 0.243. The van der Waals surface area contributed by atoms with Gasteiger partial charge < -0.3 is 4.90 Å². The van der Waals surface area contributed by atoms with E-state index >= 15 is 0 Å². The first kappa shape index (κ1) is 14.5. The van der Waals surface area contributed by atoms with Gasteiger partial charge in [0, 0.05) is 6.54 Å². The molecule has 1 amide bonds. The molecule has 17 heavy (non-hydrogen) atoms. The smallest absolute Gasteiger partial charge is 0.237 e. The maximum atomic E-state index is 11.9. The van der Waals surface area contributed by atoms with Gasteiger partial charge in [0.2, 0.25) is 5.91 Å². The van der Waals surface area contributed by atoms with E-state index in [0.29, 0.717) is 18.4 Å². The molecule has 0 aromatic heterocycles. The molecule has 1 heterocycles. The first-order valence-corrected chi connectivity index (χ1v) is 6.74. The van der Waals surface area contributed by atoms with Crippen LogP contribution in [0.25, 0.3) is 0 Å². The maximum absolute atomic E-state index is 11.9. The van der Waals surface area contributed by atoms with Gasteiger partial charge in [0.25, 0.3) is 0 Å². The standard InChI is InChI=1S/C14H28N2O/c1-10(2)7-12-15-8-13(17)16(12)9-11(3)14(4,5)6/h10-12,15H,7-9H2,1-6H3. The second kappa shape index (κ2) is 5.38. The average molecular weight is 240 g/mol. The highest BCUT2D eigenvalue weighted by Crippen LogP contribution is 2.27. The summed E-state index contributed by atoms with van der Waals surface area (Å²) in [4.78, 5) is 13.9. The molecule has 3 heteroatoms. The van der Waals surface area contributed by atoms with Gasteiger partial charge in [0.15, 0.2) is 0 Å². The minimum Gasteiger partial charge on any atom is -0.326 e. The average Bonchev–Trinajstić information content (AvgIpc) is 2.47. The van der Waals surface area contributed by atoms with E-state index in [1.165, 1.54) is 0 Å². The molecule has 0 saturated carbocycles. The van der Waals surface area contributed by atoms with Crippen LogP contribution in [0.4, 0.5) is 0 Å². The van der Waals surface area contributed by atoms with E-state index in [9.17, 15) is 4.79 Å². The summed E-state index contributed by atoms with van der Waals surface area (Å²) in [5.41, 5.74) is 0.255. The molecule has 0 aliphatic carbocycles. The monoisotopic (exact) mass is 240 g/mol. The zero-order valence-electron chi connectivity index (χ0n) is 12.2. The number of nitrogens with one attached hydrogen (secondary N) is 1. The normalized spacial score (nSPS) is 23.6. The molecular formula is C14H28N2O. The summed E-state index contributed by atoms with van der Waals surface area (Å²) >= 11 is 0. The highest BCUT2D eigenvalue weighted by atomic mass is 16.2. The Morgan fingerprint density at radius 3 is 2.41 bits per heavy atom. The Hall–Kier alpha value is -0.570. The van der Waals surface area contributed by atoms with Crippen molar-refractivity contribution in [2.45, 2.75) is 54.1 Å². The predicted molar refractivity (Wildman–Crippen MR) is 71.6 cm³/mol. The Labute approximate surface area is 106 Å². The number of carbonyl (C=O) groups is 1. The Morgan fingerprint density at radius 2 is 1.94 bits per heavy atom. The molecule has 1 saturated heterocycles. The summed E-state index contributed by atoms with van der Waals surface area (Å²) < 4.78 is 0. The lowest BCUT2D eigenvalue weighted by molar-refractivity contribution is -0.129. The van der Waals surface area contributed by atoms with Gasteiger partial charge in [-0.05, 0) is 23.7 Å². The van der Waals surface area contributed by atoms with Crippen molar-refractivity contribution in [3.63, 3.8) is 0 Å². The molecule has 0 aromatic rings. The van der Waals surface area contributed by atoms with Crippen LogP contribution < -0.4 is 5.32 Å². The van der Waals surface area contributed by atoms with Crippen molar-refractivity contribution < 1.29 is 4.79 Å². The molecule has 1 N–H and O–H groups in total. The van der Waals surface area contributed by atoms with Gasteiger partial charge in [-0.25, -0.2) is 0 Å². The van der Waals surface area contributed by atoms with Gasteiger partial charge in [-0.3, -0.25) is 10.1 Å². The second-order valence-corrected chi connectivity index (χ2v) is 6.84. The number of rotatable bonds is 4. The van der Waals surface area contributed by atoms with Crippen LogP contribution in [0, 0.1) is 17.3 Å². The molecule has 1 aliphatic heterocycles. The van der Waals surface area contributed by atoms with E-state index in [2.05, 4.69) is 46.9 Å². The van der Waals surface area contributed by atoms with Crippen molar-refractivity contribution >= 4 is 5.91 Å². The fourth-order valence-corrected chi connectivity index (χ4v) is 2.05. The van der Waals surface area contributed by atoms with Crippen LogP contribution in [0.3, 0.4) is 0 Å². The second-order valence-electron chi connectivity index (χ2n) is 6.84. The van der Waals surface area contributed by atoms with Crippen LogP contribution >= 0.6 is 0 Å². The van der Waals surface area contributed by atoms with Gasteiger partial charge in [0.05, 0.1) is 12.7 Å². The first-order chi connectivity index (χ1) is 7.71. The Bertz CT molecular complexity index is 268. The van der Waals surface area contributed by atoms with Crippen LogP contribution in [0.1, 0.15) is 48.0 Å². The zero-order valence-corrected chi connectivity index (χ0v) is 12.2. The number of carbonyl (C=O) groups excluding carboxylic acids is 1. The van der Waals surface area contributed by atoms with E-state index in [1.807, 2.05) is 4.90 Å². The number of hydrogen-bond acceptors (Lipinski definition) is 2. The third-order valence-corrected chi connectivity index (χ3v) is 3.83. The molecule has 0 bridgehead atoms. The lowest BCUT2D eigenvalue weighted by Gasteiger charge is -2.34. The SMILES string of the molecule is CC(C)CC1NCC(=O)N1CC(C)C(C)(C)C. The molecule has 0 spiro atoms. The summed E-state index contributed by atoms with van der Waals surface area (Å²) in [7, 11) is 0.